The Morgan fingerprint density at radius 1 is 1.00 bits per heavy atom. The van der Waals surface area contributed by atoms with E-state index in [-0.39, 0.29) is 0 Å². The Balaban J connectivity index is 1.76. The van der Waals surface area contributed by atoms with Gasteiger partial charge in [0.25, 0.3) is 0 Å². The molecule has 1 aromatic carbocycles. The van der Waals surface area contributed by atoms with E-state index in [2.05, 4.69) is 31.2 Å². The Bertz CT molecular complexity index is 424. The summed E-state index contributed by atoms with van der Waals surface area (Å²) < 4.78 is 12.1. The third kappa shape index (κ3) is 5.59. The Morgan fingerprint density at radius 2 is 1.73 bits per heavy atom. The van der Waals surface area contributed by atoms with Crippen molar-refractivity contribution in [3.63, 3.8) is 0 Å². The van der Waals surface area contributed by atoms with Gasteiger partial charge in [-0.15, -0.1) is 0 Å². The van der Waals surface area contributed by atoms with Gasteiger partial charge in [0.1, 0.15) is 0 Å². The first-order valence-electron chi connectivity index (χ1n) is 9.17. The van der Waals surface area contributed by atoms with Crippen LogP contribution in [0.4, 0.5) is 4.39 Å². The van der Waals surface area contributed by atoms with Crippen LogP contribution < -0.4 is 0 Å². The van der Waals surface area contributed by atoms with Crippen molar-refractivity contribution >= 4 is 0 Å². The predicted octanol–water partition coefficient (Wildman–Crippen LogP) is 6.96. The van der Waals surface area contributed by atoms with Crippen molar-refractivity contribution in [2.24, 2.45) is 5.92 Å². The van der Waals surface area contributed by atoms with Crippen LogP contribution in [0.1, 0.15) is 81.8 Å². The monoisotopic (exact) mass is 302 g/mol. The second-order valence-corrected chi connectivity index (χ2v) is 6.87. The maximum atomic E-state index is 12.1. The lowest BCUT2D eigenvalue weighted by atomic mass is 9.77. The minimum absolute atomic E-state index is 0.695. The Kier molecular flexibility index (Phi) is 7.70. The van der Waals surface area contributed by atoms with E-state index in [0.717, 1.165) is 12.3 Å². The summed E-state index contributed by atoms with van der Waals surface area (Å²) in [5, 5.41) is 0. The van der Waals surface area contributed by atoms with Crippen LogP contribution in [-0.4, -0.2) is 0 Å². The van der Waals surface area contributed by atoms with Crippen LogP contribution >= 0.6 is 0 Å². The molecule has 0 aromatic heterocycles. The number of halogens is 1. The van der Waals surface area contributed by atoms with Crippen molar-refractivity contribution < 1.29 is 4.39 Å². The fourth-order valence-electron chi connectivity index (χ4n) is 3.69. The van der Waals surface area contributed by atoms with Crippen LogP contribution in [-0.2, 0) is 6.42 Å². The quantitative estimate of drug-likeness (QED) is 0.455. The van der Waals surface area contributed by atoms with E-state index in [0.29, 0.717) is 12.2 Å². The molecule has 2 rings (SSSR count). The minimum Gasteiger partial charge on any atom is -0.216 e. The van der Waals surface area contributed by atoms with E-state index >= 15 is 0 Å². The predicted molar refractivity (Wildman–Crippen MR) is 93.9 cm³/mol. The van der Waals surface area contributed by atoms with Crippen LogP contribution in [0.25, 0.3) is 0 Å². The van der Waals surface area contributed by atoms with E-state index in [4.69, 9.17) is 0 Å². The summed E-state index contributed by atoms with van der Waals surface area (Å²) in [6.07, 6.45) is 14.9. The van der Waals surface area contributed by atoms with E-state index < -0.39 is 0 Å². The lowest BCUT2D eigenvalue weighted by Gasteiger charge is -2.28. The summed E-state index contributed by atoms with van der Waals surface area (Å²) in [5.74, 6) is 1.42. The fraction of sp³-hybridized carbons (Fsp3) is 0.619. The molecule has 1 aliphatic carbocycles. The first-order valence-corrected chi connectivity index (χ1v) is 9.17. The van der Waals surface area contributed by atoms with Crippen LogP contribution in [0.3, 0.4) is 0 Å². The molecule has 1 saturated carbocycles. The van der Waals surface area contributed by atoms with Gasteiger partial charge in [0.05, 0.1) is 6.33 Å². The number of hydrogen-bond donors (Lipinski definition) is 0. The number of benzene rings is 1. The summed E-state index contributed by atoms with van der Waals surface area (Å²) in [5.41, 5.74) is 3.00. The van der Waals surface area contributed by atoms with Gasteiger partial charge in [0, 0.05) is 0 Å². The van der Waals surface area contributed by atoms with Crippen molar-refractivity contribution in [3.05, 3.63) is 47.8 Å². The molecule has 0 bridgehead atoms. The van der Waals surface area contributed by atoms with Crippen molar-refractivity contribution in [3.8, 4) is 0 Å². The molecule has 1 aliphatic rings. The normalized spacial score (nSPS) is 22.3. The Labute approximate surface area is 135 Å². The van der Waals surface area contributed by atoms with Gasteiger partial charge in [-0.25, -0.2) is 4.39 Å². The fourth-order valence-corrected chi connectivity index (χ4v) is 3.69. The van der Waals surface area contributed by atoms with E-state index in [1.54, 1.807) is 6.08 Å². The van der Waals surface area contributed by atoms with Crippen molar-refractivity contribution in [1.29, 1.82) is 0 Å². The average Bonchev–Trinajstić information content (AvgIpc) is 2.58. The molecule has 1 heteroatoms. The smallest absolute Gasteiger partial charge is 0.0827 e. The molecule has 122 valence electrons. The molecule has 0 N–H and O–H groups in total. The Morgan fingerprint density at radius 3 is 2.36 bits per heavy atom. The van der Waals surface area contributed by atoms with Gasteiger partial charge in [-0.1, -0.05) is 56.5 Å². The second kappa shape index (κ2) is 9.82. The zero-order chi connectivity index (χ0) is 15.6. The van der Waals surface area contributed by atoms with Gasteiger partial charge in [-0.2, -0.15) is 0 Å². The molecule has 0 aliphatic heterocycles. The molecule has 0 amide bonds. The molecule has 0 radical (unpaired) electrons. The molecule has 0 atom stereocenters. The number of hydrogen-bond acceptors (Lipinski definition) is 0. The zero-order valence-electron chi connectivity index (χ0n) is 14.1. The highest BCUT2D eigenvalue weighted by Crippen LogP contribution is 2.37. The van der Waals surface area contributed by atoms with Gasteiger partial charge in [0.15, 0.2) is 0 Å². The van der Waals surface area contributed by atoms with Crippen LogP contribution in [0, 0.1) is 5.92 Å². The first-order chi connectivity index (χ1) is 10.8. The maximum absolute atomic E-state index is 12.1. The summed E-state index contributed by atoms with van der Waals surface area (Å²) >= 11 is 0. The van der Waals surface area contributed by atoms with Crippen LogP contribution in [0.5, 0.6) is 0 Å². The van der Waals surface area contributed by atoms with E-state index in [9.17, 15) is 4.39 Å². The van der Waals surface area contributed by atoms with Crippen molar-refractivity contribution in [2.75, 3.05) is 0 Å². The highest BCUT2D eigenvalue weighted by molar-refractivity contribution is 5.26. The molecule has 22 heavy (non-hydrogen) atoms. The number of unbranched alkanes of at least 4 members (excludes halogenated alkanes) is 3. The lowest BCUT2D eigenvalue weighted by molar-refractivity contribution is 0.327. The average molecular weight is 302 g/mol. The van der Waals surface area contributed by atoms with Crippen LogP contribution in [0.15, 0.2) is 36.7 Å². The molecule has 0 nitrogen and oxygen atoms in total. The summed E-state index contributed by atoms with van der Waals surface area (Å²) in [6, 6.07) is 9.36. The zero-order valence-corrected chi connectivity index (χ0v) is 14.1. The van der Waals surface area contributed by atoms with E-state index in [1.807, 2.05) is 0 Å². The van der Waals surface area contributed by atoms with Crippen molar-refractivity contribution in [2.45, 2.75) is 77.0 Å². The largest absolute Gasteiger partial charge is 0.216 e. The molecule has 0 spiro atoms. The third-order valence-corrected chi connectivity index (χ3v) is 5.18. The topological polar surface area (TPSA) is 0 Å². The molecule has 1 aromatic rings. The number of aryl methyl sites for hydroxylation is 1. The van der Waals surface area contributed by atoms with Gasteiger partial charge in [0.2, 0.25) is 0 Å². The van der Waals surface area contributed by atoms with Crippen LogP contribution in [0.2, 0.25) is 0 Å². The molecule has 0 heterocycles. The number of allylic oxidation sites excluding steroid dienone is 1. The molecule has 1 fully saturated rings. The SMILES string of the molecule is CCCCCCc1ccc([C@H]2CC[C@H](C/C=C/F)CC2)cc1. The Hall–Kier alpha value is -1.11. The number of rotatable bonds is 8. The molecular formula is C21H31F. The van der Waals surface area contributed by atoms with E-state index in [1.165, 1.54) is 68.9 Å². The highest BCUT2D eigenvalue weighted by atomic mass is 19.1. The standard InChI is InChI=1S/C21H31F/c1-2-3-4-5-7-18-9-13-20(14-10-18)21-15-11-19(12-16-21)8-6-17-22/h6,9-10,13-14,17,19,21H,2-5,7-8,11-12,15-16H2,1H3/b17-6+/t19-,21-. The van der Waals surface area contributed by atoms with Crippen molar-refractivity contribution in [1.82, 2.24) is 0 Å². The van der Waals surface area contributed by atoms with Gasteiger partial charge < -0.3 is 0 Å². The summed E-state index contributed by atoms with van der Waals surface area (Å²) in [4.78, 5) is 0. The van der Waals surface area contributed by atoms with Gasteiger partial charge in [-0.05, 0) is 67.9 Å². The van der Waals surface area contributed by atoms with Gasteiger partial charge >= 0.3 is 0 Å². The molecular weight excluding hydrogens is 271 g/mol. The maximum Gasteiger partial charge on any atom is 0.0827 e. The minimum atomic E-state index is 0.695. The van der Waals surface area contributed by atoms with Gasteiger partial charge in [-0.3, -0.25) is 0 Å². The third-order valence-electron chi connectivity index (χ3n) is 5.18. The summed E-state index contributed by atoms with van der Waals surface area (Å²) in [6.45, 7) is 2.26. The molecule has 0 unspecified atom stereocenters. The molecule has 0 saturated heterocycles. The highest BCUT2D eigenvalue weighted by Gasteiger charge is 2.21. The summed E-state index contributed by atoms with van der Waals surface area (Å²) in [7, 11) is 0. The first kappa shape index (κ1) is 17.2. The second-order valence-electron chi connectivity index (χ2n) is 6.87. The lowest BCUT2D eigenvalue weighted by Crippen LogP contribution is -2.12.